The van der Waals surface area contributed by atoms with Crippen molar-refractivity contribution in [2.24, 2.45) is 0 Å². The highest BCUT2D eigenvalue weighted by Crippen LogP contribution is 2.47. The second kappa shape index (κ2) is 9.08. The molecule has 0 bridgehead atoms. The molecular formula is C30H40N4O. The summed E-state index contributed by atoms with van der Waals surface area (Å²) < 4.78 is 4.28. The van der Waals surface area contributed by atoms with Gasteiger partial charge in [0.25, 0.3) is 0 Å². The second-order valence-corrected chi connectivity index (χ2v) is 11.7. The summed E-state index contributed by atoms with van der Waals surface area (Å²) >= 11 is 0. The van der Waals surface area contributed by atoms with E-state index in [-0.39, 0.29) is 5.69 Å². The molecule has 2 fully saturated rings. The lowest BCUT2D eigenvalue weighted by molar-refractivity contribution is 0.116. The third-order valence-corrected chi connectivity index (χ3v) is 9.57. The third-order valence-electron chi connectivity index (χ3n) is 9.57. The van der Waals surface area contributed by atoms with Gasteiger partial charge in [0.05, 0.1) is 5.69 Å². The summed E-state index contributed by atoms with van der Waals surface area (Å²) in [5.41, 5.74) is 7.67. The molecule has 1 N–H and O–H groups in total. The molecule has 4 aliphatic carbocycles. The van der Waals surface area contributed by atoms with E-state index in [0.717, 1.165) is 57.8 Å². The number of benzene rings is 1. The van der Waals surface area contributed by atoms with Gasteiger partial charge in [-0.3, -0.25) is 14.0 Å². The van der Waals surface area contributed by atoms with Crippen molar-refractivity contribution in [3.8, 4) is 0 Å². The monoisotopic (exact) mass is 472 g/mol. The Hall–Kier alpha value is -2.11. The van der Waals surface area contributed by atoms with E-state index in [2.05, 4.69) is 49.7 Å². The molecule has 5 aliphatic rings. The Morgan fingerprint density at radius 1 is 0.971 bits per heavy atom. The van der Waals surface area contributed by atoms with E-state index in [1.54, 1.807) is 16.7 Å². The molecule has 0 amide bonds. The van der Waals surface area contributed by atoms with E-state index in [9.17, 15) is 4.79 Å². The minimum atomic E-state index is 0.232. The van der Waals surface area contributed by atoms with E-state index in [1.165, 1.54) is 56.3 Å². The highest BCUT2D eigenvalue weighted by Gasteiger charge is 2.36. The number of likely N-dealkylation sites (tertiary alicyclic amines) is 1. The molecule has 2 unspecified atom stereocenters. The molecule has 1 saturated carbocycles. The van der Waals surface area contributed by atoms with Crippen LogP contribution in [0.1, 0.15) is 104 Å². The van der Waals surface area contributed by atoms with Crippen LogP contribution in [0.2, 0.25) is 0 Å². The summed E-state index contributed by atoms with van der Waals surface area (Å²) in [6.45, 7) is 3.90. The Morgan fingerprint density at radius 3 is 2.71 bits per heavy atom. The average Bonchev–Trinajstić information content (AvgIpc) is 3.68. The Morgan fingerprint density at radius 2 is 1.86 bits per heavy atom. The summed E-state index contributed by atoms with van der Waals surface area (Å²) in [5.74, 6) is 0.802. The van der Waals surface area contributed by atoms with Crippen LogP contribution in [0.3, 0.4) is 0 Å². The number of imidazole rings is 1. The van der Waals surface area contributed by atoms with Gasteiger partial charge in [0.1, 0.15) is 0 Å². The summed E-state index contributed by atoms with van der Waals surface area (Å²) in [4.78, 5) is 16.4. The summed E-state index contributed by atoms with van der Waals surface area (Å²) in [6.07, 6.45) is 18.0. The number of rotatable bonds is 6. The summed E-state index contributed by atoms with van der Waals surface area (Å²) in [6, 6.07) is 8.73. The Balaban J connectivity index is 1.10. The van der Waals surface area contributed by atoms with Crippen LogP contribution in [0, 0.1) is 0 Å². The van der Waals surface area contributed by atoms with Crippen molar-refractivity contribution in [3.63, 3.8) is 0 Å². The molecule has 35 heavy (non-hydrogen) atoms. The lowest BCUT2D eigenvalue weighted by atomic mass is 9.71. The number of nitrogens with zero attached hydrogens (tertiary/aromatic N) is 3. The maximum absolute atomic E-state index is 13.7. The maximum atomic E-state index is 13.7. The number of aromatic nitrogens is 2. The molecule has 1 aromatic carbocycles. The number of hydrogen-bond donors (Lipinski definition) is 1. The van der Waals surface area contributed by atoms with Crippen molar-refractivity contribution in [1.29, 1.82) is 0 Å². The molecule has 1 aliphatic heterocycles. The first-order valence-corrected chi connectivity index (χ1v) is 14.4. The largest absolute Gasteiger partial charge is 0.329 e. The van der Waals surface area contributed by atoms with Crippen molar-refractivity contribution in [2.45, 2.75) is 101 Å². The van der Waals surface area contributed by atoms with Gasteiger partial charge in [0.15, 0.2) is 0 Å². The number of fused-ring (bicyclic) bond motifs is 1. The van der Waals surface area contributed by atoms with E-state index >= 15 is 0 Å². The molecule has 5 heteroatoms. The van der Waals surface area contributed by atoms with Gasteiger partial charge in [-0.1, -0.05) is 24.3 Å². The fourth-order valence-electron chi connectivity index (χ4n) is 7.70. The normalized spacial score (nSPS) is 26.5. The van der Waals surface area contributed by atoms with Gasteiger partial charge in [-0.05, 0) is 99.3 Å². The molecule has 2 heterocycles. The van der Waals surface area contributed by atoms with Crippen LogP contribution in [0.25, 0.3) is 6.08 Å². The fraction of sp³-hybridized carbons (Fsp3) is 0.633. The molecule has 1 aromatic heterocycles. The van der Waals surface area contributed by atoms with E-state index in [1.807, 2.05) is 0 Å². The van der Waals surface area contributed by atoms with Crippen molar-refractivity contribution >= 4 is 6.08 Å². The molecule has 2 aromatic rings. The quantitative estimate of drug-likeness (QED) is 0.647. The molecular weight excluding hydrogens is 432 g/mol. The second-order valence-electron chi connectivity index (χ2n) is 11.7. The third kappa shape index (κ3) is 3.95. The number of piperidine rings is 1. The molecule has 7 rings (SSSR count). The molecule has 186 valence electrons. The van der Waals surface area contributed by atoms with Crippen LogP contribution in [-0.2, 0) is 19.4 Å². The van der Waals surface area contributed by atoms with Gasteiger partial charge in [0.2, 0.25) is 0 Å². The highest BCUT2D eigenvalue weighted by atomic mass is 16.1. The van der Waals surface area contributed by atoms with E-state index in [0.29, 0.717) is 18.1 Å². The van der Waals surface area contributed by atoms with Crippen LogP contribution in [0.4, 0.5) is 0 Å². The van der Waals surface area contributed by atoms with Crippen LogP contribution in [-0.4, -0.2) is 39.7 Å². The van der Waals surface area contributed by atoms with Gasteiger partial charge in [0, 0.05) is 50.0 Å². The van der Waals surface area contributed by atoms with Crippen molar-refractivity contribution < 1.29 is 0 Å². The number of hydrogen-bond acceptors (Lipinski definition) is 3. The smallest absolute Gasteiger partial charge is 0.312 e. The van der Waals surface area contributed by atoms with Gasteiger partial charge in [-0.25, -0.2) is 4.79 Å². The summed E-state index contributed by atoms with van der Waals surface area (Å²) in [5, 5.41) is 3.59. The van der Waals surface area contributed by atoms with Gasteiger partial charge >= 0.3 is 5.69 Å². The zero-order valence-electron chi connectivity index (χ0n) is 21.1. The maximum Gasteiger partial charge on any atom is 0.329 e. The molecule has 1 saturated heterocycles. The number of nitrogens with one attached hydrogen (secondary N) is 1. The fourth-order valence-corrected chi connectivity index (χ4v) is 7.70. The first-order chi connectivity index (χ1) is 17.3. The zero-order valence-corrected chi connectivity index (χ0v) is 21.1. The Kier molecular flexibility index (Phi) is 5.74. The first kappa shape index (κ1) is 22.1. The minimum Gasteiger partial charge on any atom is -0.312 e. The average molecular weight is 473 g/mol. The van der Waals surface area contributed by atoms with Crippen LogP contribution >= 0.6 is 0 Å². The van der Waals surface area contributed by atoms with Crippen LogP contribution in [0.15, 0.2) is 29.1 Å². The van der Waals surface area contributed by atoms with Crippen LogP contribution in [0.5, 0.6) is 0 Å². The van der Waals surface area contributed by atoms with Crippen molar-refractivity contribution in [3.05, 3.63) is 62.8 Å². The topological polar surface area (TPSA) is 42.2 Å². The van der Waals surface area contributed by atoms with Gasteiger partial charge in [-0.2, -0.15) is 0 Å². The Labute approximate surface area is 209 Å². The lowest BCUT2D eigenvalue weighted by Gasteiger charge is -2.44. The van der Waals surface area contributed by atoms with Gasteiger partial charge < -0.3 is 5.32 Å². The minimum absolute atomic E-state index is 0.232. The molecule has 0 radical (unpaired) electrons. The molecule has 0 spiro atoms. The summed E-state index contributed by atoms with van der Waals surface area (Å²) in [7, 11) is 0. The standard InChI is InChI=1S/C30H40N4O/c35-30-33(20-17-31-23-12-13-23)27-9-1-2-10-28(27)34(30)24-15-18-32(19-16-24)26-14-11-22-6-3-5-21-7-4-8-25(26)29(21)22/h1,4,7-9,22-24,26,31H,2-3,5-6,10-20H2. The number of aryl methyl sites for hydroxylation is 1. The van der Waals surface area contributed by atoms with Gasteiger partial charge in [-0.15, -0.1) is 0 Å². The lowest BCUT2D eigenvalue weighted by Crippen LogP contribution is -2.41. The van der Waals surface area contributed by atoms with E-state index < -0.39 is 0 Å². The number of allylic oxidation sites excluding steroid dienone is 1. The Bertz CT molecular complexity index is 1180. The predicted octanol–water partition coefficient (Wildman–Crippen LogP) is 4.95. The van der Waals surface area contributed by atoms with Crippen LogP contribution < -0.4 is 11.0 Å². The highest BCUT2D eigenvalue weighted by molar-refractivity contribution is 5.51. The zero-order chi connectivity index (χ0) is 23.4. The first-order valence-electron chi connectivity index (χ1n) is 14.4. The predicted molar refractivity (Wildman–Crippen MR) is 141 cm³/mol. The van der Waals surface area contributed by atoms with Crippen molar-refractivity contribution in [2.75, 3.05) is 19.6 Å². The van der Waals surface area contributed by atoms with Crippen molar-refractivity contribution in [1.82, 2.24) is 19.4 Å². The SMILES string of the molecule is O=c1n(CCNC2CC2)c2c(n1C1CCN(C3CCC4CCCc5cccc3c54)CC1)CCC=C2. The molecule has 2 atom stereocenters. The van der Waals surface area contributed by atoms with E-state index in [4.69, 9.17) is 0 Å². The molecule has 5 nitrogen and oxygen atoms in total.